The van der Waals surface area contributed by atoms with E-state index in [1.165, 1.54) is 54.7 Å². The zero-order valence-electron chi connectivity index (χ0n) is 14.6. The molecule has 0 spiro atoms. The van der Waals surface area contributed by atoms with E-state index >= 15 is 0 Å². The zero-order valence-corrected chi connectivity index (χ0v) is 14.6. The molecular weight excluding hydrogens is 314 g/mol. The highest BCUT2D eigenvalue weighted by Gasteiger charge is 2.32. The van der Waals surface area contributed by atoms with Crippen LogP contribution in [0.5, 0.6) is 0 Å². The summed E-state index contributed by atoms with van der Waals surface area (Å²) in [7, 11) is 0. The van der Waals surface area contributed by atoms with Gasteiger partial charge in [-0.15, -0.1) is 0 Å². The molecule has 1 amide bonds. The molecule has 0 saturated heterocycles. The topological polar surface area (TPSA) is 77.7 Å². The average Bonchev–Trinajstić information content (AvgIpc) is 3.38. The summed E-state index contributed by atoms with van der Waals surface area (Å²) in [4.78, 5) is 15.1. The minimum atomic E-state index is 0.0867. The number of aryl methyl sites for hydroxylation is 1. The van der Waals surface area contributed by atoms with Gasteiger partial charge in [-0.3, -0.25) is 15.0 Å². The van der Waals surface area contributed by atoms with Gasteiger partial charge in [-0.05, 0) is 38.5 Å². The van der Waals surface area contributed by atoms with E-state index in [1.54, 1.807) is 0 Å². The fourth-order valence-corrected chi connectivity index (χ4v) is 4.84. The van der Waals surface area contributed by atoms with Crippen molar-refractivity contribution in [2.45, 2.75) is 70.3 Å². The van der Waals surface area contributed by atoms with Gasteiger partial charge >= 0.3 is 0 Å². The summed E-state index contributed by atoms with van der Waals surface area (Å²) in [6, 6.07) is 0. The monoisotopic (exact) mass is 339 g/mol. The van der Waals surface area contributed by atoms with Gasteiger partial charge in [0.25, 0.3) is 5.91 Å². The van der Waals surface area contributed by atoms with E-state index in [9.17, 15) is 4.79 Å². The minimum Gasteiger partial charge on any atom is -0.332 e. The summed E-state index contributed by atoms with van der Waals surface area (Å²) in [5.41, 5.74) is 6.71. The minimum absolute atomic E-state index is 0.0867. The lowest BCUT2D eigenvalue weighted by Crippen LogP contribution is -2.37. The van der Waals surface area contributed by atoms with Crippen LogP contribution in [-0.2, 0) is 25.8 Å². The Morgan fingerprint density at radius 3 is 2.56 bits per heavy atom. The SMILES string of the molecule is O=C(c1n[nH]c2c1CCCC2)N1CCc2[nH]nc(C3CCCC3)c2C1. The van der Waals surface area contributed by atoms with Crippen LogP contribution in [-0.4, -0.2) is 37.7 Å². The van der Waals surface area contributed by atoms with Crippen molar-refractivity contribution in [2.24, 2.45) is 0 Å². The summed E-state index contributed by atoms with van der Waals surface area (Å²) in [6.45, 7) is 1.43. The maximum atomic E-state index is 13.1. The summed E-state index contributed by atoms with van der Waals surface area (Å²) in [6.07, 6.45) is 10.3. The van der Waals surface area contributed by atoms with Crippen molar-refractivity contribution in [3.8, 4) is 0 Å². The lowest BCUT2D eigenvalue weighted by atomic mass is 9.94. The molecule has 25 heavy (non-hydrogen) atoms. The molecule has 3 heterocycles. The van der Waals surface area contributed by atoms with Gasteiger partial charge in [-0.2, -0.15) is 10.2 Å². The molecule has 2 aromatic rings. The van der Waals surface area contributed by atoms with Crippen LogP contribution in [0.4, 0.5) is 0 Å². The van der Waals surface area contributed by atoms with Crippen molar-refractivity contribution >= 4 is 5.91 Å². The van der Waals surface area contributed by atoms with Gasteiger partial charge in [0, 0.05) is 47.9 Å². The van der Waals surface area contributed by atoms with Crippen LogP contribution in [0.25, 0.3) is 0 Å². The number of nitrogens with one attached hydrogen (secondary N) is 2. The molecule has 0 radical (unpaired) electrons. The van der Waals surface area contributed by atoms with Gasteiger partial charge in [0.1, 0.15) is 0 Å². The second kappa shape index (κ2) is 6.00. The molecule has 6 nitrogen and oxygen atoms in total. The fraction of sp³-hybridized carbons (Fsp3) is 0.632. The van der Waals surface area contributed by atoms with E-state index in [0.29, 0.717) is 18.2 Å². The molecule has 3 aliphatic rings. The van der Waals surface area contributed by atoms with Gasteiger partial charge in [0.15, 0.2) is 5.69 Å². The smallest absolute Gasteiger partial charge is 0.274 e. The van der Waals surface area contributed by atoms with Gasteiger partial charge in [0.05, 0.1) is 5.69 Å². The molecule has 6 heteroatoms. The van der Waals surface area contributed by atoms with Gasteiger partial charge in [-0.1, -0.05) is 12.8 Å². The largest absolute Gasteiger partial charge is 0.332 e. The van der Waals surface area contributed by atoms with Crippen molar-refractivity contribution in [1.82, 2.24) is 25.3 Å². The van der Waals surface area contributed by atoms with Gasteiger partial charge < -0.3 is 4.90 Å². The molecule has 0 aromatic carbocycles. The van der Waals surface area contributed by atoms with Crippen molar-refractivity contribution in [2.75, 3.05) is 6.54 Å². The molecule has 2 aromatic heterocycles. The number of carbonyl (C=O) groups is 1. The number of hydrogen-bond acceptors (Lipinski definition) is 3. The van der Waals surface area contributed by atoms with Gasteiger partial charge in [0.2, 0.25) is 0 Å². The van der Waals surface area contributed by atoms with Gasteiger partial charge in [-0.25, -0.2) is 0 Å². The number of fused-ring (bicyclic) bond motifs is 2. The van der Waals surface area contributed by atoms with Crippen molar-refractivity contribution < 1.29 is 4.79 Å². The number of aromatic nitrogens is 4. The Balaban J connectivity index is 1.41. The van der Waals surface area contributed by atoms with Crippen LogP contribution < -0.4 is 0 Å². The van der Waals surface area contributed by atoms with E-state index in [4.69, 9.17) is 0 Å². The maximum Gasteiger partial charge on any atom is 0.274 e. The first kappa shape index (κ1) is 15.2. The molecule has 0 bridgehead atoms. The maximum absolute atomic E-state index is 13.1. The second-order valence-corrected chi connectivity index (χ2v) is 7.76. The third-order valence-electron chi connectivity index (χ3n) is 6.25. The molecule has 1 aliphatic heterocycles. The first-order valence-corrected chi connectivity index (χ1v) is 9.72. The van der Waals surface area contributed by atoms with Crippen LogP contribution in [0.15, 0.2) is 0 Å². The van der Waals surface area contributed by atoms with E-state index in [0.717, 1.165) is 37.8 Å². The summed E-state index contributed by atoms with van der Waals surface area (Å²) < 4.78 is 0. The Morgan fingerprint density at radius 2 is 1.68 bits per heavy atom. The molecule has 0 unspecified atom stereocenters. The average molecular weight is 339 g/mol. The number of rotatable bonds is 2. The lowest BCUT2D eigenvalue weighted by Gasteiger charge is -2.27. The van der Waals surface area contributed by atoms with E-state index in [1.807, 2.05) is 4.90 Å². The molecule has 1 fully saturated rings. The third-order valence-corrected chi connectivity index (χ3v) is 6.25. The quantitative estimate of drug-likeness (QED) is 0.883. The molecular formula is C19H25N5O. The highest BCUT2D eigenvalue weighted by Crippen LogP contribution is 2.37. The predicted octanol–water partition coefficient (Wildman–Crippen LogP) is 2.87. The van der Waals surface area contributed by atoms with E-state index in [-0.39, 0.29) is 5.91 Å². The fourth-order valence-electron chi connectivity index (χ4n) is 4.84. The highest BCUT2D eigenvalue weighted by molar-refractivity contribution is 5.94. The number of amides is 1. The standard InChI is InChI=1S/C19H25N5O/c25-19(18-13-7-3-4-8-15(13)20-23-18)24-10-9-16-14(11-24)17(22-21-16)12-5-1-2-6-12/h12H,1-11H2,(H,20,23)(H,21,22). The Hall–Kier alpha value is -2.11. The number of hydrogen-bond donors (Lipinski definition) is 2. The number of aromatic amines is 2. The molecule has 132 valence electrons. The van der Waals surface area contributed by atoms with Crippen molar-refractivity contribution in [1.29, 1.82) is 0 Å². The van der Waals surface area contributed by atoms with Crippen LogP contribution in [0.3, 0.4) is 0 Å². The Morgan fingerprint density at radius 1 is 0.920 bits per heavy atom. The van der Waals surface area contributed by atoms with Crippen LogP contribution in [0, 0.1) is 0 Å². The number of carbonyl (C=O) groups excluding carboxylic acids is 1. The normalized spacial score (nSPS) is 20.6. The van der Waals surface area contributed by atoms with E-state index < -0.39 is 0 Å². The lowest BCUT2D eigenvalue weighted by molar-refractivity contribution is 0.0726. The zero-order chi connectivity index (χ0) is 16.8. The molecule has 5 rings (SSSR count). The van der Waals surface area contributed by atoms with Crippen molar-refractivity contribution in [3.05, 3.63) is 33.9 Å². The predicted molar refractivity (Wildman–Crippen MR) is 93.5 cm³/mol. The molecule has 2 N–H and O–H groups in total. The first-order valence-electron chi connectivity index (χ1n) is 9.72. The summed E-state index contributed by atoms with van der Waals surface area (Å²) in [5, 5.41) is 15.3. The summed E-state index contributed by atoms with van der Waals surface area (Å²) in [5.74, 6) is 0.664. The van der Waals surface area contributed by atoms with Crippen LogP contribution in [0.2, 0.25) is 0 Å². The first-order chi connectivity index (χ1) is 12.3. The Labute approximate surface area is 147 Å². The van der Waals surface area contributed by atoms with E-state index in [2.05, 4.69) is 20.4 Å². The van der Waals surface area contributed by atoms with Crippen LogP contribution in [0.1, 0.15) is 83.1 Å². The second-order valence-electron chi connectivity index (χ2n) is 7.76. The molecule has 1 saturated carbocycles. The number of H-pyrrole nitrogens is 2. The molecule has 2 aliphatic carbocycles. The number of nitrogens with zero attached hydrogens (tertiary/aromatic N) is 3. The third kappa shape index (κ3) is 2.50. The Bertz CT molecular complexity index is 799. The van der Waals surface area contributed by atoms with Crippen molar-refractivity contribution in [3.63, 3.8) is 0 Å². The van der Waals surface area contributed by atoms with Crippen LogP contribution >= 0.6 is 0 Å². The highest BCUT2D eigenvalue weighted by atomic mass is 16.2. The summed E-state index contributed by atoms with van der Waals surface area (Å²) >= 11 is 0. The molecule has 0 atom stereocenters. The Kier molecular flexibility index (Phi) is 3.64.